The van der Waals surface area contributed by atoms with Crippen LogP contribution in [0.4, 0.5) is 30.2 Å². The van der Waals surface area contributed by atoms with Crippen molar-refractivity contribution in [3.05, 3.63) is 168 Å². The van der Waals surface area contributed by atoms with Gasteiger partial charge in [0.25, 0.3) is 0 Å². The third-order valence-corrected chi connectivity index (χ3v) is 20.9. The van der Waals surface area contributed by atoms with Gasteiger partial charge in [-0.15, -0.1) is 0 Å². The normalized spacial score (nSPS) is 12.0. The molecule has 5 nitrogen and oxygen atoms in total. The second-order valence-corrected chi connectivity index (χ2v) is 23.2. The van der Waals surface area contributed by atoms with Gasteiger partial charge < -0.3 is 0 Å². The van der Waals surface area contributed by atoms with Crippen LogP contribution in [0.5, 0.6) is 11.5 Å². The van der Waals surface area contributed by atoms with E-state index in [1.807, 2.05) is 48.2 Å². The fraction of sp³-hybridized carbons (Fsp3) is 0.163. The standard InChI is InChI=1S/C43H40F3GeNO4S/c1-31-5-13-35(14-6-31)47(36-15-7-32(2)8-16-36,30-29-34-11-25-41(51-4)26-12-34)37-17-21-39(22-18-37)48(38-19-9-33(3)10-20-38)40-23-27-42(28-24-40)52-53(49,50)43(44,45)46/h5-28H,29-30H2,1-4H3. The summed E-state index contributed by atoms with van der Waals surface area (Å²) in [7, 11) is -4.13. The van der Waals surface area contributed by atoms with E-state index in [2.05, 4.69) is 103 Å². The number of halogens is 3. The Morgan fingerprint density at radius 2 is 0.906 bits per heavy atom. The molecule has 0 saturated heterocycles. The molecule has 6 rings (SSSR count). The van der Waals surface area contributed by atoms with Crippen LogP contribution in [0.1, 0.15) is 22.3 Å². The van der Waals surface area contributed by atoms with Gasteiger partial charge in [0.15, 0.2) is 0 Å². The molecule has 6 aromatic rings. The molecule has 0 aromatic heterocycles. The molecule has 53 heavy (non-hydrogen) atoms. The van der Waals surface area contributed by atoms with Crippen molar-refractivity contribution in [2.75, 3.05) is 12.0 Å². The van der Waals surface area contributed by atoms with E-state index in [1.165, 1.54) is 42.0 Å². The first-order chi connectivity index (χ1) is 25.3. The van der Waals surface area contributed by atoms with Crippen molar-refractivity contribution in [3.63, 3.8) is 0 Å². The van der Waals surface area contributed by atoms with E-state index in [0.717, 1.165) is 34.4 Å². The number of aryl methyl sites for hydroxylation is 4. The predicted octanol–water partition coefficient (Wildman–Crippen LogP) is 9.03. The summed E-state index contributed by atoms with van der Waals surface area (Å²) < 4.78 is 76.1. The SMILES string of the molecule is COc1ccc(C[CH2][Ge]([c]2ccc(C)cc2)([c]2ccc(C)cc2)[c]2ccc(N(c3ccc(C)cc3)c3ccc(OS(=O)(=O)C(F)(F)F)cc3)cc2)cc1. The van der Waals surface area contributed by atoms with Gasteiger partial charge in [-0.25, -0.2) is 0 Å². The summed E-state index contributed by atoms with van der Waals surface area (Å²) in [6.07, 6.45) is 0.876. The van der Waals surface area contributed by atoms with Crippen molar-refractivity contribution in [2.24, 2.45) is 0 Å². The molecule has 0 amide bonds. The summed E-state index contributed by atoms with van der Waals surface area (Å²) in [5.41, 5.74) is 1.42. The molecule has 0 saturated carbocycles. The Morgan fingerprint density at radius 3 is 1.32 bits per heavy atom. The Morgan fingerprint density at radius 1 is 0.547 bits per heavy atom. The number of rotatable bonds is 12. The maximum absolute atomic E-state index is 13.0. The van der Waals surface area contributed by atoms with E-state index < -0.39 is 34.6 Å². The minimum absolute atomic E-state index is 0.434. The van der Waals surface area contributed by atoms with Gasteiger partial charge >= 0.3 is 300 Å². The van der Waals surface area contributed by atoms with Gasteiger partial charge in [0.2, 0.25) is 0 Å². The quantitative estimate of drug-likeness (QED) is 0.0704. The summed E-state index contributed by atoms with van der Waals surface area (Å²) in [4.78, 5) is 1.98. The van der Waals surface area contributed by atoms with Gasteiger partial charge in [-0.1, -0.05) is 0 Å². The van der Waals surface area contributed by atoms with Gasteiger partial charge in [0.05, 0.1) is 0 Å². The summed E-state index contributed by atoms with van der Waals surface area (Å²) in [5, 5.41) is 0.960. The molecule has 10 heteroatoms. The Balaban J connectivity index is 1.45. The molecular weight excluding hydrogens is 756 g/mol. The van der Waals surface area contributed by atoms with Gasteiger partial charge in [0.1, 0.15) is 0 Å². The number of nitrogens with zero attached hydrogens (tertiary/aromatic N) is 1. The average Bonchev–Trinajstić information content (AvgIpc) is 3.15. The number of anilines is 3. The van der Waals surface area contributed by atoms with E-state index in [9.17, 15) is 21.6 Å². The van der Waals surface area contributed by atoms with Gasteiger partial charge in [-0.2, -0.15) is 13.2 Å². The van der Waals surface area contributed by atoms with E-state index in [-0.39, 0.29) is 0 Å². The molecule has 0 unspecified atom stereocenters. The molecule has 0 N–H and O–H groups in total. The molecule has 0 aliphatic rings. The van der Waals surface area contributed by atoms with Crippen LogP contribution in [0.15, 0.2) is 146 Å². The summed E-state index contributed by atoms with van der Waals surface area (Å²) >= 11 is -3.40. The van der Waals surface area contributed by atoms with Crippen molar-refractivity contribution >= 4 is 53.6 Å². The van der Waals surface area contributed by atoms with Gasteiger partial charge in [0, 0.05) is 0 Å². The minimum atomic E-state index is -5.80. The molecule has 272 valence electrons. The van der Waals surface area contributed by atoms with Crippen LogP contribution in [-0.4, -0.2) is 34.3 Å². The molecule has 0 aliphatic heterocycles. The number of alkyl halides is 3. The molecule has 0 radical (unpaired) electrons. The van der Waals surface area contributed by atoms with Crippen LogP contribution in [0.3, 0.4) is 0 Å². The molecule has 0 bridgehead atoms. The molecule has 0 fully saturated rings. The second kappa shape index (κ2) is 15.5. The molecule has 0 spiro atoms. The monoisotopic (exact) mass is 797 g/mol. The fourth-order valence-electron chi connectivity index (χ4n) is 6.59. The zero-order chi connectivity index (χ0) is 37.8. The van der Waals surface area contributed by atoms with Gasteiger partial charge in [-0.05, 0) is 0 Å². The Labute approximate surface area is 312 Å². The number of hydrogen-bond acceptors (Lipinski definition) is 5. The first-order valence-corrected chi connectivity index (χ1v) is 23.2. The molecular formula is C43H40F3GeNO4S. The van der Waals surface area contributed by atoms with Crippen molar-refractivity contribution in [3.8, 4) is 11.5 Å². The van der Waals surface area contributed by atoms with E-state index in [4.69, 9.17) is 4.74 Å². The van der Waals surface area contributed by atoms with Crippen molar-refractivity contribution < 1.29 is 30.5 Å². The fourth-order valence-corrected chi connectivity index (χ4v) is 17.0. The molecule has 6 aromatic carbocycles. The number of methoxy groups -OCH3 is 1. The van der Waals surface area contributed by atoms with Crippen molar-refractivity contribution in [1.82, 2.24) is 0 Å². The average molecular weight is 796 g/mol. The van der Waals surface area contributed by atoms with Crippen LogP contribution in [0, 0.1) is 20.8 Å². The van der Waals surface area contributed by atoms with Crippen LogP contribution in [-0.2, 0) is 16.5 Å². The zero-order valence-corrected chi connectivity index (χ0v) is 32.8. The van der Waals surface area contributed by atoms with Gasteiger partial charge in [-0.3, -0.25) is 0 Å². The Hall–Kier alpha value is -5.00. The molecule has 0 heterocycles. The number of ether oxygens (including phenoxy) is 1. The molecule has 0 aliphatic carbocycles. The van der Waals surface area contributed by atoms with E-state index >= 15 is 0 Å². The predicted molar refractivity (Wildman–Crippen MR) is 210 cm³/mol. The number of benzene rings is 6. The first-order valence-electron chi connectivity index (χ1n) is 17.1. The third kappa shape index (κ3) is 8.31. The summed E-state index contributed by atoms with van der Waals surface area (Å²) in [6.45, 7) is 6.19. The zero-order valence-electron chi connectivity index (χ0n) is 29.9. The van der Waals surface area contributed by atoms with Crippen molar-refractivity contribution in [1.29, 1.82) is 0 Å². The maximum atomic E-state index is 13.0. The van der Waals surface area contributed by atoms with Crippen LogP contribution < -0.4 is 27.0 Å². The summed E-state index contributed by atoms with van der Waals surface area (Å²) in [6, 6.07) is 48.3. The summed E-state index contributed by atoms with van der Waals surface area (Å²) in [5.74, 6) is 0.386. The van der Waals surface area contributed by atoms with E-state index in [0.29, 0.717) is 5.69 Å². The Kier molecular flexibility index (Phi) is 11.1. The number of hydrogen-bond donors (Lipinski definition) is 0. The van der Waals surface area contributed by atoms with Crippen LogP contribution in [0.2, 0.25) is 5.25 Å². The van der Waals surface area contributed by atoms with Crippen LogP contribution in [0.25, 0.3) is 0 Å². The van der Waals surface area contributed by atoms with E-state index in [1.54, 1.807) is 19.2 Å². The second-order valence-electron chi connectivity index (χ2n) is 13.2. The topological polar surface area (TPSA) is 55.8 Å². The first kappa shape index (κ1) is 37.8. The van der Waals surface area contributed by atoms with Crippen LogP contribution >= 0.6 is 0 Å². The van der Waals surface area contributed by atoms with Crippen molar-refractivity contribution in [2.45, 2.75) is 38.0 Å². The Bertz CT molecular complexity index is 2200. The third-order valence-electron chi connectivity index (χ3n) is 9.53. The molecule has 0 atom stereocenters.